The van der Waals surface area contributed by atoms with Crippen LogP contribution in [0.1, 0.15) is 49.7 Å². The molecule has 0 saturated carbocycles. The van der Waals surface area contributed by atoms with Gasteiger partial charge >= 0.3 is 5.97 Å². The molecular formula is C21H28N4O4. The lowest BCUT2D eigenvalue weighted by atomic mass is 9.83. The fourth-order valence-corrected chi connectivity index (χ4v) is 4.43. The van der Waals surface area contributed by atoms with E-state index in [-0.39, 0.29) is 30.8 Å². The fraction of sp³-hybridized carbons (Fsp3) is 0.524. The molecule has 3 atom stereocenters. The van der Waals surface area contributed by atoms with Gasteiger partial charge in [0, 0.05) is 24.5 Å². The van der Waals surface area contributed by atoms with Crippen LogP contribution in [0, 0.1) is 18.8 Å². The molecule has 156 valence electrons. The first-order valence-corrected chi connectivity index (χ1v) is 9.81. The maximum absolute atomic E-state index is 13.1. The molecule has 3 heterocycles. The molecule has 29 heavy (non-hydrogen) atoms. The number of nitrogens with zero attached hydrogens (tertiary/aromatic N) is 3. The monoisotopic (exact) mass is 400 g/mol. The van der Waals surface area contributed by atoms with E-state index >= 15 is 0 Å². The number of aryl methyl sites for hydroxylation is 1. The van der Waals surface area contributed by atoms with Gasteiger partial charge in [-0.15, -0.1) is 0 Å². The summed E-state index contributed by atoms with van der Waals surface area (Å²) in [7, 11) is 1.79. The van der Waals surface area contributed by atoms with Crippen molar-refractivity contribution >= 4 is 11.9 Å². The topological polar surface area (TPSA) is 109 Å². The molecule has 1 aliphatic heterocycles. The molecule has 2 N–H and O–H groups in total. The summed E-state index contributed by atoms with van der Waals surface area (Å²) in [6, 6.07) is 5.08. The maximum Gasteiger partial charge on any atom is 0.324 e. The zero-order chi connectivity index (χ0) is 21.2. The van der Waals surface area contributed by atoms with E-state index in [1.165, 1.54) is 0 Å². The Balaban J connectivity index is 1.91. The van der Waals surface area contributed by atoms with Crippen LogP contribution in [0.4, 0.5) is 0 Å². The largest absolute Gasteiger partial charge is 0.480 e. The van der Waals surface area contributed by atoms with Crippen molar-refractivity contribution in [3.05, 3.63) is 47.6 Å². The van der Waals surface area contributed by atoms with Crippen molar-refractivity contribution in [2.75, 3.05) is 7.05 Å². The summed E-state index contributed by atoms with van der Waals surface area (Å²) < 4.78 is 5.16. The van der Waals surface area contributed by atoms with Gasteiger partial charge in [-0.1, -0.05) is 25.1 Å². The molecule has 1 fully saturated rings. The zero-order valence-electron chi connectivity index (χ0n) is 17.3. The Hall–Kier alpha value is -2.74. The minimum atomic E-state index is -1.11. The van der Waals surface area contributed by atoms with Crippen LogP contribution in [0.25, 0.3) is 0 Å². The highest BCUT2D eigenvalue weighted by molar-refractivity contribution is 5.85. The third-order valence-electron chi connectivity index (χ3n) is 5.65. The van der Waals surface area contributed by atoms with E-state index in [0.29, 0.717) is 12.2 Å². The fourth-order valence-electron chi connectivity index (χ4n) is 4.43. The number of aromatic nitrogens is 2. The van der Waals surface area contributed by atoms with Crippen molar-refractivity contribution in [1.82, 2.24) is 20.4 Å². The van der Waals surface area contributed by atoms with Crippen molar-refractivity contribution in [1.29, 1.82) is 0 Å². The van der Waals surface area contributed by atoms with Crippen LogP contribution in [0.15, 0.2) is 35.1 Å². The average Bonchev–Trinajstić information content (AvgIpc) is 3.22. The minimum Gasteiger partial charge on any atom is -0.480 e. The molecule has 1 aliphatic rings. The van der Waals surface area contributed by atoms with Gasteiger partial charge in [-0.05, 0) is 44.4 Å². The first kappa shape index (κ1) is 21.0. The molecule has 3 rings (SSSR count). The third kappa shape index (κ3) is 4.17. The van der Waals surface area contributed by atoms with Gasteiger partial charge in [-0.3, -0.25) is 19.5 Å². The van der Waals surface area contributed by atoms with Crippen molar-refractivity contribution in [3.8, 4) is 0 Å². The van der Waals surface area contributed by atoms with Gasteiger partial charge in [0.1, 0.15) is 5.54 Å². The van der Waals surface area contributed by atoms with Crippen LogP contribution in [0.2, 0.25) is 0 Å². The molecule has 0 bridgehead atoms. The number of likely N-dealkylation sites (tertiary alicyclic amines) is 1. The second-order valence-electron chi connectivity index (χ2n) is 8.24. The Labute approximate surface area is 170 Å². The van der Waals surface area contributed by atoms with Crippen LogP contribution < -0.4 is 5.32 Å². The summed E-state index contributed by atoms with van der Waals surface area (Å²) in [6.07, 6.45) is 4.06. The second-order valence-corrected chi connectivity index (χ2v) is 8.24. The lowest BCUT2D eigenvalue weighted by molar-refractivity contribution is -0.151. The molecule has 0 radical (unpaired) electrons. The van der Waals surface area contributed by atoms with Gasteiger partial charge in [0.15, 0.2) is 5.76 Å². The Kier molecular flexibility index (Phi) is 6.02. The van der Waals surface area contributed by atoms with E-state index in [0.717, 1.165) is 11.3 Å². The number of aliphatic carboxylic acids is 1. The second kappa shape index (κ2) is 8.32. The molecule has 0 aliphatic carbocycles. The molecule has 0 aromatic carbocycles. The van der Waals surface area contributed by atoms with E-state index in [1.54, 1.807) is 31.6 Å². The molecule has 0 unspecified atom stereocenters. The highest BCUT2D eigenvalue weighted by Crippen LogP contribution is 2.48. The van der Waals surface area contributed by atoms with Crippen LogP contribution in [0.3, 0.4) is 0 Å². The van der Waals surface area contributed by atoms with Crippen LogP contribution >= 0.6 is 0 Å². The van der Waals surface area contributed by atoms with Crippen LogP contribution in [0.5, 0.6) is 0 Å². The molecule has 2 aromatic heterocycles. The smallest absolute Gasteiger partial charge is 0.324 e. The van der Waals surface area contributed by atoms with Gasteiger partial charge in [0.25, 0.3) is 0 Å². The SMILES string of the molecule is Cc1cc(CNC(=O)[C@H]2C[C@@](CC(C)C)(C(=O)O)N(C)[C@H]2c2cccnc2)on1. The summed E-state index contributed by atoms with van der Waals surface area (Å²) in [5.41, 5.74) is 0.460. The first-order chi connectivity index (χ1) is 13.7. The molecular weight excluding hydrogens is 372 g/mol. The quantitative estimate of drug-likeness (QED) is 0.735. The molecule has 8 nitrogen and oxygen atoms in total. The van der Waals surface area contributed by atoms with Gasteiger partial charge in [0.05, 0.1) is 18.2 Å². The normalized spacial score (nSPS) is 24.7. The first-order valence-electron chi connectivity index (χ1n) is 9.81. The summed E-state index contributed by atoms with van der Waals surface area (Å²) in [5, 5.41) is 16.9. The third-order valence-corrected chi connectivity index (χ3v) is 5.65. The molecule has 1 saturated heterocycles. The number of likely N-dealkylation sites (N-methyl/N-ethyl adjacent to an activating group) is 1. The van der Waals surface area contributed by atoms with Crippen molar-refractivity contribution in [2.45, 2.75) is 51.7 Å². The molecule has 1 amide bonds. The highest BCUT2D eigenvalue weighted by atomic mass is 16.5. The van der Waals surface area contributed by atoms with Gasteiger partial charge in [-0.25, -0.2) is 0 Å². The predicted octanol–water partition coefficient (Wildman–Crippen LogP) is 2.56. The van der Waals surface area contributed by atoms with Crippen LogP contribution in [-0.4, -0.2) is 44.6 Å². The standard InChI is InChI=1S/C21H28N4O4/c1-13(2)9-21(20(27)28)10-17(18(25(21)4)15-6-5-7-22-11-15)19(26)23-12-16-8-14(3)24-29-16/h5-8,11,13,17-18H,9-10,12H2,1-4H3,(H,23,26)(H,27,28)/t17-,18-,21-/m0/s1. The van der Waals surface area contributed by atoms with Gasteiger partial charge < -0.3 is 14.9 Å². The van der Waals surface area contributed by atoms with E-state index in [2.05, 4.69) is 15.5 Å². The maximum atomic E-state index is 13.1. The number of hydrogen-bond donors (Lipinski definition) is 2. The van der Waals surface area contributed by atoms with E-state index in [1.807, 2.05) is 31.7 Å². The number of carboxylic acids is 1. The van der Waals surface area contributed by atoms with E-state index < -0.39 is 17.4 Å². The summed E-state index contributed by atoms with van der Waals surface area (Å²) in [6.45, 7) is 6.02. The number of nitrogens with one attached hydrogen (secondary N) is 1. The Morgan fingerprint density at radius 3 is 2.76 bits per heavy atom. The minimum absolute atomic E-state index is 0.169. The summed E-state index contributed by atoms with van der Waals surface area (Å²) >= 11 is 0. The van der Waals surface area contributed by atoms with E-state index in [9.17, 15) is 14.7 Å². The number of carbonyl (C=O) groups excluding carboxylic acids is 1. The molecule has 2 aromatic rings. The summed E-state index contributed by atoms with van der Waals surface area (Å²) in [5.74, 6) is -0.896. The summed E-state index contributed by atoms with van der Waals surface area (Å²) in [4.78, 5) is 31.5. The number of carbonyl (C=O) groups is 2. The zero-order valence-corrected chi connectivity index (χ0v) is 17.3. The van der Waals surface area contributed by atoms with Crippen molar-refractivity contribution in [3.63, 3.8) is 0 Å². The van der Waals surface area contributed by atoms with Crippen LogP contribution in [-0.2, 0) is 16.1 Å². The Morgan fingerprint density at radius 2 is 2.21 bits per heavy atom. The highest BCUT2D eigenvalue weighted by Gasteiger charge is 2.57. The van der Waals surface area contributed by atoms with Gasteiger partial charge in [0.2, 0.25) is 5.91 Å². The molecule has 0 spiro atoms. The number of carboxylic acid groups (broad SMARTS) is 1. The predicted molar refractivity (Wildman–Crippen MR) is 106 cm³/mol. The number of amides is 1. The Bertz CT molecular complexity index is 867. The lowest BCUT2D eigenvalue weighted by Gasteiger charge is -2.36. The van der Waals surface area contributed by atoms with Gasteiger partial charge in [-0.2, -0.15) is 0 Å². The number of pyridine rings is 1. The number of hydrogen-bond acceptors (Lipinski definition) is 6. The average molecular weight is 400 g/mol. The Morgan fingerprint density at radius 1 is 1.45 bits per heavy atom. The van der Waals surface area contributed by atoms with Crippen molar-refractivity contribution < 1.29 is 19.2 Å². The number of rotatable bonds is 7. The van der Waals surface area contributed by atoms with Crippen molar-refractivity contribution in [2.24, 2.45) is 11.8 Å². The van der Waals surface area contributed by atoms with E-state index in [4.69, 9.17) is 4.52 Å². The molecule has 8 heteroatoms. The lowest BCUT2D eigenvalue weighted by Crippen LogP contribution is -2.50.